The molecule has 5 heteroatoms. The quantitative estimate of drug-likeness (QED) is 0.812. The number of carbonyl (C=O) groups excluding carboxylic acids is 1. The second kappa shape index (κ2) is 4.39. The Morgan fingerprint density at radius 1 is 1.50 bits per heavy atom. The number of amides is 1. The van der Waals surface area contributed by atoms with Crippen molar-refractivity contribution < 1.29 is 4.79 Å². The lowest BCUT2D eigenvalue weighted by atomic mass is 10.0. The zero-order chi connectivity index (χ0) is 13.5. The average molecular weight is 250 g/mol. The molecule has 0 spiro atoms. The van der Waals surface area contributed by atoms with Crippen molar-refractivity contribution >= 4 is 5.91 Å². The number of aromatic nitrogens is 2. The highest BCUT2D eigenvalue weighted by atomic mass is 16.1. The first-order valence-corrected chi connectivity index (χ1v) is 6.41. The molecule has 2 rings (SSSR count). The summed E-state index contributed by atoms with van der Waals surface area (Å²) >= 11 is 0. The van der Waals surface area contributed by atoms with Gasteiger partial charge in [-0.1, -0.05) is 0 Å². The highest BCUT2D eigenvalue weighted by Crippen LogP contribution is 2.24. The third-order valence-electron chi connectivity index (χ3n) is 3.85. The summed E-state index contributed by atoms with van der Waals surface area (Å²) in [6.45, 7) is 8.39. The molecule has 18 heavy (non-hydrogen) atoms. The van der Waals surface area contributed by atoms with E-state index in [9.17, 15) is 4.79 Å². The molecule has 1 fully saturated rings. The molecule has 1 heterocycles. The van der Waals surface area contributed by atoms with Crippen molar-refractivity contribution in [1.29, 1.82) is 0 Å². The van der Waals surface area contributed by atoms with Crippen molar-refractivity contribution in [2.75, 3.05) is 0 Å². The Kier molecular flexibility index (Phi) is 3.19. The molecule has 0 bridgehead atoms. The fourth-order valence-electron chi connectivity index (χ4n) is 2.11. The third kappa shape index (κ3) is 2.41. The summed E-state index contributed by atoms with van der Waals surface area (Å²) in [7, 11) is 0. The third-order valence-corrected chi connectivity index (χ3v) is 3.85. The number of nitrogens with two attached hydrogens (primary N) is 1. The van der Waals surface area contributed by atoms with E-state index in [-0.39, 0.29) is 5.91 Å². The van der Waals surface area contributed by atoms with E-state index < -0.39 is 5.54 Å². The summed E-state index contributed by atoms with van der Waals surface area (Å²) in [6, 6.07) is 0.431. The summed E-state index contributed by atoms with van der Waals surface area (Å²) in [5.41, 5.74) is 8.10. The van der Waals surface area contributed by atoms with Gasteiger partial charge in [0.1, 0.15) is 5.54 Å². The monoisotopic (exact) mass is 250 g/mol. The van der Waals surface area contributed by atoms with Gasteiger partial charge in [-0.2, -0.15) is 5.10 Å². The zero-order valence-electron chi connectivity index (χ0n) is 11.6. The van der Waals surface area contributed by atoms with Gasteiger partial charge in [-0.05, 0) is 46.1 Å². The minimum atomic E-state index is -0.725. The van der Waals surface area contributed by atoms with Crippen molar-refractivity contribution in [2.24, 2.45) is 5.73 Å². The summed E-state index contributed by atoms with van der Waals surface area (Å²) in [4.78, 5) is 11.7. The average Bonchev–Trinajstić information content (AvgIpc) is 3.05. The number of nitrogens with zero attached hydrogens (tertiary/aromatic N) is 2. The summed E-state index contributed by atoms with van der Waals surface area (Å²) < 4.78 is 1.88. The molecular formula is C13H22N4O. The fourth-order valence-corrected chi connectivity index (χ4v) is 2.11. The first kappa shape index (κ1) is 13.1. The lowest BCUT2D eigenvalue weighted by Crippen LogP contribution is -2.56. The Hall–Kier alpha value is -1.36. The fraction of sp³-hybridized carbons (Fsp3) is 0.692. The first-order chi connectivity index (χ1) is 8.33. The van der Waals surface area contributed by atoms with E-state index in [1.807, 2.05) is 32.4 Å². The Balaban J connectivity index is 2.22. The standard InChI is InChI=1S/C13H22N4O/c1-8-9(2)16-17(10(8)3)7-13(4,12(14)18)15-11-5-6-11/h11,15H,5-7H2,1-4H3,(H2,14,18). The van der Waals surface area contributed by atoms with Crippen molar-refractivity contribution in [3.05, 3.63) is 17.0 Å². The summed E-state index contributed by atoms with van der Waals surface area (Å²) in [5, 5.41) is 7.81. The lowest BCUT2D eigenvalue weighted by molar-refractivity contribution is -0.124. The van der Waals surface area contributed by atoms with Crippen molar-refractivity contribution in [2.45, 2.75) is 58.7 Å². The van der Waals surface area contributed by atoms with Gasteiger partial charge < -0.3 is 5.73 Å². The van der Waals surface area contributed by atoms with Crippen LogP contribution in [0, 0.1) is 20.8 Å². The van der Waals surface area contributed by atoms with Crippen molar-refractivity contribution in [1.82, 2.24) is 15.1 Å². The molecule has 1 aliphatic rings. The van der Waals surface area contributed by atoms with Crippen LogP contribution in [0.2, 0.25) is 0 Å². The van der Waals surface area contributed by atoms with Crippen LogP contribution in [0.1, 0.15) is 36.7 Å². The smallest absolute Gasteiger partial charge is 0.239 e. The second-order valence-electron chi connectivity index (χ2n) is 5.57. The van der Waals surface area contributed by atoms with Crippen LogP contribution in [-0.2, 0) is 11.3 Å². The number of rotatable bonds is 5. The van der Waals surface area contributed by atoms with E-state index in [0.717, 1.165) is 24.2 Å². The maximum absolute atomic E-state index is 11.7. The van der Waals surface area contributed by atoms with Crippen LogP contribution in [-0.4, -0.2) is 27.3 Å². The molecule has 5 nitrogen and oxygen atoms in total. The Morgan fingerprint density at radius 2 is 2.11 bits per heavy atom. The minimum Gasteiger partial charge on any atom is -0.368 e. The maximum Gasteiger partial charge on any atom is 0.239 e. The van der Waals surface area contributed by atoms with Gasteiger partial charge in [-0.25, -0.2) is 0 Å². The number of aryl methyl sites for hydroxylation is 1. The van der Waals surface area contributed by atoms with E-state index in [1.165, 1.54) is 5.56 Å². The molecule has 1 unspecified atom stereocenters. The van der Waals surface area contributed by atoms with Gasteiger partial charge >= 0.3 is 0 Å². The Bertz CT molecular complexity index is 476. The van der Waals surface area contributed by atoms with Crippen LogP contribution in [0.4, 0.5) is 0 Å². The molecular weight excluding hydrogens is 228 g/mol. The molecule has 100 valence electrons. The minimum absolute atomic E-state index is 0.320. The van der Waals surface area contributed by atoms with Gasteiger partial charge in [-0.3, -0.25) is 14.8 Å². The van der Waals surface area contributed by atoms with Gasteiger partial charge in [0.25, 0.3) is 0 Å². The van der Waals surface area contributed by atoms with E-state index in [4.69, 9.17) is 5.73 Å². The van der Waals surface area contributed by atoms with Gasteiger partial charge in [0.05, 0.1) is 12.2 Å². The predicted molar refractivity (Wildman–Crippen MR) is 70.2 cm³/mol. The number of primary amides is 1. The highest BCUT2D eigenvalue weighted by molar-refractivity contribution is 5.84. The summed E-state index contributed by atoms with van der Waals surface area (Å²) in [6.07, 6.45) is 2.25. The van der Waals surface area contributed by atoms with Crippen LogP contribution < -0.4 is 11.1 Å². The second-order valence-corrected chi connectivity index (χ2v) is 5.57. The van der Waals surface area contributed by atoms with Gasteiger partial charge in [0.15, 0.2) is 0 Å². The molecule has 0 saturated heterocycles. The van der Waals surface area contributed by atoms with Crippen LogP contribution in [0.5, 0.6) is 0 Å². The first-order valence-electron chi connectivity index (χ1n) is 6.41. The molecule has 1 aromatic heterocycles. The van der Waals surface area contributed by atoms with Crippen LogP contribution in [0.3, 0.4) is 0 Å². The normalized spacial score (nSPS) is 18.7. The Labute approximate surface area is 108 Å². The highest BCUT2D eigenvalue weighted by Gasteiger charge is 2.38. The maximum atomic E-state index is 11.7. The Morgan fingerprint density at radius 3 is 2.50 bits per heavy atom. The van der Waals surface area contributed by atoms with Crippen molar-refractivity contribution in [3.63, 3.8) is 0 Å². The molecule has 1 aromatic rings. The predicted octanol–water partition coefficient (Wildman–Crippen LogP) is 0.804. The van der Waals surface area contributed by atoms with Gasteiger partial charge in [0, 0.05) is 11.7 Å². The molecule has 1 aliphatic carbocycles. The number of carbonyl (C=O) groups is 1. The van der Waals surface area contributed by atoms with E-state index >= 15 is 0 Å². The topological polar surface area (TPSA) is 72.9 Å². The number of hydrogen-bond donors (Lipinski definition) is 2. The molecule has 1 atom stereocenters. The molecule has 1 saturated carbocycles. The van der Waals surface area contributed by atoms with Gasteiger partial charge in [0.2, 0.25) is 5.91 Å². The summed E-state index contributed by atoms with van der Waals surface area (Å²) in [5.74, 6) is -0.320. The molecule has 0 aliphatic heterocycles. The molecule has 3 N–H and O–H groups in total. The SMILES string of the molecule is Cc1nn(CC(C)(NC2CC2)C(N)=O)c(C)c1C. The van der Waals surface area contributed by atoms with Crippen LogP contribution in [0.15, 0.2) is 0 Å². The number of nitrogens with one attached hydrogen (secondary N) is 1. The van der Waals surface area contributed by atoms with E-state index in [1.54, 1.807) is 0 Å². The van der Waals surface area contributed by atoms with Gasteiger partial charge in [-0.15, -0.1) is 0 Å². The van der Waals surface area contributed by atoms with Crippen LogP contribution >= 0.6 is 0 Å². The van der Waals surface area contributed by atoms with Crippen LogP contribution in [0.25, 0.3) is 0 Å². The molecule has 0 radical (unpaired) electrons. The molecule has 1 amide bonds. The molecule has 0 aromatic carbocycles. The van der Waals surface area contributed by atoms with Crippen molar-refractivity contribution in [3.8, 4) is 0 Å². The number of hydrogen-bond acceptors (Lipinski definition) is 3. The largest absolute Gasteiger partial charge is 0.368 e. The zero-order valence-corrected chi connectivity index (χ0v) is 11.6. The lowest BCUT2D eigenvalue weighted by Gasteiger charge is -2.28. The van der Waals surface area contributed by atoms with E-state index in [0.29, 0.717) is 12.6 Å². The van der Waals surface area contributed by atoms with E-state index in [2.05, 4.69) is 10.4 Å².